The minimum atomic E-state index is -4.28. The van der Waals surface area contributed by atoms with E-state index in [2.05, 4.69) is 4.98 Å². The largest absolute Gasteiger partial charge is 0.395 e. The van der Waals surface area contributed by atoms with Crippen molar-refractivity contribution in [2.75, 3.05) is 0 Å². The Balaban J connectivity index is 1.45. The second-order valence-electron chi connectivity index (χ2n) is 8.20. The van der Waals surface area contributed by atoms with Gasteiger partial charge in [0.25, 0.3) is 5.91 Å². The van der Waals surface area contributed by atoms with Gasteiger partial charge in [-0.25, -0.2) is 4.98 Å². The predicted molar refractivity (Wildman–Crippen MR) is 107 cm³/mol. The monoisotopic (exact) mass is 422 g/mol. The van der Waals surface area contributed by atoms with Gasteiger partial charge in [0.2, 0.25) is 0 Å². The van der Waals surface area contributed by atoms with E-state index in [1.165, 1.54) is 17.1 Å². The van der Waals surface area contributed by atoms with Gasteiger partial charge in [0.05, 0.1) is 10.9 Å². The van der Waals surface area contributed by atoms with Crippen molar-refractivity contribution in [3.8, 4) is 0 Å². The maximum absolute atomic E-state index is 13.2. The molecule has 1 aromatic heterocycles. The first-order valence-electron chi connectivity index (χ1n) is 10.2. The number of hydrogen-bond acceptors (Lipinski definition) is 3. The van der Waals surface area contributed by atoms with E-state index in [0.717, 1.165) is 45.4 Å². The molecule has 0 spiro atoms. The number of hydrogen-bond donors (Lipinski definition) is 0. The highest BCUT2D eigenvalue weighted by Crippen LogP contribution is 2.40. The van der Waals surface area contributed by atoms with E-state index in [0.29, 0.717) is 11.5 Å². The summed E-state index contributed by atoms with van der Waals surface area (Å²) >= 11 is 1.69. The van der Waals surface area contributed by atoms with Crippen LogP contribution in [0.3, 0.4) is 0 Å². The van der Waals surface area contributed by atoms with E-state index < -0.39 is 12.1 Å². The molecule has 156 valence electrons. The number of carbonyl (C=O) groups is 1. The second-order valence-corrected chi connectivity index (χ2v) is 9.13. The van der Waals surface area contributed by atoms with Gasteiger partial charge < -0.3 is 4.90 Å². The van der Waals surface area contributed by atoms with Gasteiger partial charge in [-0.15, -0.1) is 11.3 Å². The number of rotatable bonds is 5. The fourth-order valence-electron chi connectivity index (χ4n) is 4.27. The summed E-state index contributed by atoms with van der Waals surface area (Å²) in [5.41, 5.74) is 0.674. The molecule has 29 heavy (non-hydrogen) atoms. The van der Waals surface area contributed by atoms with Gasteiger partial charge in [-0.1, -0.05) is 12.1 Å². The van der Waals surface area contributed by atoms with Gasteiger partial charge in [0.15, 0.2) is 0 Å². The van der Waals surface area contributed by atoms with Crippen LogP contribution in [0.25, 0.3) is 0 Å². The fourth-order valence-corrected chi connectivity index (χ4v) is 5.08. The molecule has 4 rings (SSSR count). The van der Waals surface area contributed by atoms with E-state index in [4.69, 9.17) is 0 Å². The van der Waals surface area contributed by atoms with Crippen LogP contribution in [0.5, 0.6) is 0 Å². The van der Waals surface area contributed by atoms with Gasteiger partial charge in [-0.2, -0.15) is 13.2 Å². The molecule has 2 aliphatic rings. The highest BCUT2D eigenvalue weighted by atomic mass is 32.1. The Hall–Kier alpha value is -1.89. The van der Waals surface area contributed by atoms with Gasteiger partial charge in [-0.3, -0.25) is 4.79 Å². The molecule has 2 fully saturated rings. The van der Waals surface area contributed by atoms with Gasteiger partial charge >= 0.3 is 6.18 Å². The number of benzene rings is 1. The molecule has 1 atom stereocenters. The first-order valence-corrected chi connectivity index (χ1v) is 11.1. The zero-order chi connectivity index (χ0) is 20.6. The number of amides is 1. The molecule has 1 unspecified atom stereocenters. The molecule has 7 heteroatoms. The second kappa shape index (κ2) is 8.09. The zero-order valence-corrected chi connectivity index (χ0v) is 17.2. The molecule has 3 nitrogen and oxygen atoms in total. The summed E-state index contributed by atoms with van der Waals surface area (Å²) in [7, 11) is 0. The Kier molecular flexibility index (Phi) is 5.69. The normalized spacial score (nSPS) is 23.6. The van der Waals surface area contributed by atoms with Gasteiger partial charge in [0, 0.05) is 35.1 Å². The summed E-state index contributed by atoms with van der Waals surface area (Å²) in [5, 5.41) is 3.19. The summed E-state index contributed by atoms with van der Waals surface area (Å²) in [6.45, 7) is 1.15. The van der Waals surface area contributed by atoms with Crippen molar-refractivity contribution >= 4 is 17.2 Å². The van der Waals surface area contributed by atoms with Crippen LogP contribution in [0.1, 0.15) is 78.2 Å². The molecular formula is C22H25F3N2OS. The quantitative estimate of drug-likeness (QED) is 0.580. The Morgan fingerprint density at radius 2 is 1.66 bits per heavy atom. The van der Waals surface area contributed by atoms with E-state index in [-0.39, 0.29) is 23.6 Å². The van der Waals surface area contributed by atoms with Crippen LogP contribution in [0.2, 0.25) is 0 Å². The lowest BCUT2D eigenvalue weighted by Gasteiger charge is -2.37. The molecule has 1 heterocycles. The average Bonchev–Trinajstić information content (AvgIpc) is 3.39. The van der Waals surface area contributed by atoms with Crippen molar-refractivity contribution in [2.24, 2.45) is 0 Å². The third-order valence-electron chi connectivity index (χ3n) is 6.21. The topological polar surface area (TPSA) is 33.2 Å². The molecule has 0 bridgehead atoms. The Labute approximate surface area is 172 Å². The van der Waals surface area contributed by atoms with Crippen molar-refractivity contribution < 1.29 is 18.0 Å². The van der Waals surface area contributed by atoms with Crippen LogP contribution >= 0.6 is 11.3 Å². The Morgan fingerprint density at radius 1 is 1.07 bits per heavy atom. The predicted octanol–water partition coefficient (Wildman–Crippen LogP) is 6.14. The number of carbonyl (C=O) groups excluding carboxylic acids is 1. The van der Waals surface area contributed by atoms with Crippen LogP contribution in [-0.4, -0.2) is 34.1 Å². The third-order valence-corrected chi connectivity index (χ3v) is 7.15. The van der Waals surface area contributed by atoms with Crippen molar-refractivity contribution in [2.45, 2.75) is 75.5 Å². The van der Waals surface area contributed by atoms with Gasteiger partial charge in [0.1, 0.15) is 0 Å². The van der Waals surface area contributed by atoms with Crippen molar-refractivity contribution in [1.82, 2.24) is 9.88 Å². The number of halogens is 3. The summed E-state index contributed by atoms with van der Waals surface area (Å²) < 4.78 is 38.8. The van der Waals surface area contributed by atoms with Crippen molar-refractivity contribution in [3.63, 3.8) is 0 Å². The number of nitrogens with zero attached hydrogens (tertiary/aromatic N) is 2. The van der Waals surface area contributed by atoms with Crippen LogP contribution in [0.15, 0.2) is 35.8 Å². The molecule has 0 saturated heterocycles. The number of aromatic nitrogens is 1. The van der Waals surface area contributed by atoms with Crippen LogP contribution in [-0.2, 0) is 0 Å². The number of alkyl halides is 3. The SMILES string of the molecule is CC(c1ccc(C(=O)N(C2CCC(c3nccs3)CC2)C2CC2)cc1)C(F)(F)F. The third kappa shape index (κ3) is 4.49. The summed E-state index contributed by atoms with van der Waals surface area (Å²) in [4.78, 5) is 19.7. The highest BCUT2D eigenvalue weighted by molar-refractivity contribution is 7.09. The molecule has 1 aromatic carbocycles. The first kappa shape index (κ1) is 20.4. The molecule has 2 saturated carbocycles. The van der Waals surface area contributed by atoms with Crippen LogP contribution < -0.4 is 0 Å². The van der Waals surface area contributed by atoms with Crippen molar-refractivity contribution in [3.05, 3.63) is 52.0 Å². The maximum atomic E-state index is 13.2. The van der Waals surface area contributed by atoms with E-state index in [1.54, 1.807) is 23.5 Å². The minimum absolute atomic E-state index is 0.0450. The van der Waals surface area contributed by atoms with E-state index >= 15 is 0 Å². The first-order chi connectivity index (χ1) is 13.8. The lowest BCUT2D eigenvalue weighted by molar-refractivity contribution is -0.146. The molecule has 2 aromatic rings. The Morgan fingerprint density at radius 3 is 2.14 bits per heavy atom. The number of thiazole rings is 1. The van der Waals surface area contributed by atoms with Crippen LogP contribution in [0.4, 0.5) is 13.2 Å². The van der Waals surface area contributed by atoms with E-state index in [9.17, 15) is 18.0 Å². The highest BCUT2D eigenvalue weighted by Gasteiger charge is 2.40. The average molecular weight is 423 g/mol. The molecule has 0 aliphatic heterocycles. The minimum Gasteiger partial charge on any atom is -0.333 e. The lowest BCUT2D eigenvalue weighted by atomic mass is 9.85. The molecule has 0 radical (unpaired) electrons. The zero-order valence-electron chi connectivity index (χ0n) is 16.4. The molecule has 1 amide bonds. The standard InChI is InChI=1S/C22H25F3N2OS/c1-14(22(23,24)25)15-2-4-17(5-3-15)21(28)27(19-10-11-19)18-8-6-16(7-9-18)20-26-12-13-29-20/h2-5,12-14,16,18-19H,6-11H2,1H3. The van der Waals surface area contributed by atoms with Gasteiger partial charge in [-0.05, 0) is 63.1 Å². The fraction of sp³-hybridized carbons (Fsp3) is 0.545. The maximum Gasteiger partial charge on any atom is 0.395 e. The summed E-state index contributed by atoms with van der Waals surface area (Å²) in [5.74, 6) is -1.10. The Bertz CT molecular complexity index is 823. The van der Waals surface area contributed by atoms with Crippen LogP contribution in [0, 0.1) is 0 Å². The summed E-state index contributed by atoms with van der Waals surface area (Å²) in [6, 6.07) is 6.47. The summed E-state index contributed by atoms with van der Waals surface area (Å²) in [6.07, 6.45) is 3.55. The molecule has 2 aliphatic carbocycles. The smallest absolute Gasteiger partial charge is 0.333 e. The lowest BCUT2D eigenvalue weighted by Crippen LogP contribution is -2.43. The molecule has 0 N–H and O–H groups in total. The molecular weight excluding hydrogens is 397 g/mol. The van der Waals surface area contributed by atoms with E-state index in [1.807, 2.05) is 16.5 Å². The van der Waals surface area contributed by atoms with Crippen molar-refractivity contribution in [1.29, 1.82) is 0 Å².